The molecule has 10 nitrogen and oxygen atoms in total. The van der Waals surface area contributed by atoms with Gasteiger partial charge >= 0.3 is 0 Å². The number of carbonyl (C=O) groups is 1. The van der Waals surface area contributed by atoms with E-state index < -0.39 is 0 Å². The molecule has 0 atom stereocenters. The molecule has 31 heavy (non-hydrogen) atoms. The number of nitrogens with zero attached hydrogens (tertiary/aromatic N) is 6. The average Bonchev–Trinajstić information content (AvgIpc) is 3.12. The molecular weight excluding hydrogens is 422 g/mol. The van der Waals surface area contributed by atoms with Gasteiger partial charge in [-0.3, -0.25) is 23.6 Å². The van der Waals surface area contributed by atoms with Gasteiger partial charge in [0.2, 0.25) is 5.91 Å². The maximum Gasteiger partial charge on any atom is 0.264 e. The van der Waals surface area contributed by atoms with E-state index in [0.29, 0.717) is 39.3 Å². The van der Waals surface area contributed by atoms with Gasteiger partial charge in [-0.1, -0.05) is 11.6 Å². The van der Waals surface area contributed by atoms with Gasteiger partial charge in [-0.2, -0.15) is 5.10 Å². The van der Waals surface area contributed by atoms with Crippen molar-refractivity contribution in [1.82, 2.24) is 34.2 Å². The number of aromatic amines is 1. The Kier molecular flexibility index (Phi) is 5.55. The fraction of sp³-hybridized carbons (Fsp3) is 0.300. The molecule has 0 radical (unpaired) electrons. The largest absolute Gasteiger partial charge is 0.335 e. The van der Waals surface area contributed by atoms with Crippen LogP contribution in [0.3, 0.4) is 0 Å². The number of benzene rings is 1. The van der Waals surface area contributed by atoms with Crippen molar-refractivity contribution >= 4 is 39.4 Å². The van der Waals surface area contributed by atoms with Crippen molar-refractivity contribution in [1.29, 1.82) is 0 Å². The van der Waals surface area contributed by atoms with Crippen LogP contribution in [0.15, 0.2) is 40.3 Å². The third-order valence-corrected chi connectivity index (χ3v) is 5.31. The zero-order valence-electron chi connectivity index (χ0n) is 17.0. The first-order valence-corrected chi connectivity index (χ1v) is 10.1. The highest BCUT2D eigenvalue weighted by Crippen LogP contribution is 2.15. The average molecular weight is 442 g/mol. The van der Waals surface area contributed by atoms with Crippen LogP contribution in [0.5, 0.6) is 0 Å². The van der Waals surface area contributed by atoms with Crippen molar-refractivity contribution in [3.8, 4) is 0 Å². The summed E-state index contributed by atoms with van der Waals surface area (Å²) >= 11 is 6.00. The lowest BCUT2D eigenvalue weighted by molar-refractivity contribution is -0.132. The standard InChI is InChI=1S/C20H20ClN7O3/c1-3-27(10-16-24-15-8-12(21)4-5-13(15)19(30)25-16)17(29)6-7-28-11-22-18-14(20(28)31)9-23-26(18)2/h4-5,8-9,11H,3,6-7,10H2,1-2H3,(H,24,25,30). The Hall–Kier alpha value is -3.53. The minimum absolute atomic E-state index is 0.102. The smallest absolute Gasteiger partial charge is 0.264 e. The Labute approximate surface area is 181 Å². The third kappa shape index (κ3) is 4.06. The summed E-state index contributed by atoms with van der Waals surface area (Å²) < 4.78 is 2.92. The van der Waals surface area contributed by atoms with Crippen LogP contribution >= 0.6 is 11.6 Å². The Bertz CT molecular complexity index is 1410. The number of nitrogens with one attached hydrogen (secondary N) is 1. The highest BCUT2D eigenvalue weighted by Gasteiger charge is 2.16. The number of H-pyrrole nitrogens is 1. The fourth-order valence-corrected chi connectivity index (χ4v) is 3.56. The zero-order chi connectivity index (χ0) is 22.1. The van der Waals surface area contributed by atoms with Gasteiger partial charge in [0, 0.05) is 31.6 Å². The number of hydrogen-bond acceptors (Lipinski definition) is 6. The van der Waals surface area contributed by atoms with E-state index in [1.165, 1.54) is 21.8 Å². The van der Waals surface area contributed by atoms with E-state index in [0.717, 1.165) is 0 Å². The summed E-state index contributed by atoms with van der Waals surface area (Å²) in [4.78, 5) is 50.6. The Morgan fingerprint density at radius 2 is 2.06 bits per heavy atom. The van der Waals surface area contributed by atoms with Gasteiger partial charge in [-0.25, -0.2) is 9.97 Å². The van der Waals surface area contributed by atoms with Crippen LogP contribution in [0.1, 0.15) is 19.2 Å². The highest BCUT2D eigenvalue weighted by atomic mass is 35.5. The molecule has 0 fully saturated rings. The Balaban J connectivity index is 1.50. The second kappa shape index (κ2) is 8.31. The van der Waals surface area contributed by atoms with E-state index in [-0.39, 0.29) is 36.5 Å². The molecular formula is C20H20ClN7O3. The van der Waals surface area contributed by atoms with E-state index in [1.807, 2.05) is 6.92 Å². The lowest BCUT2D eigenvalue weighted by Crippen LogP contribution is -2.33. The molecule has 1 amide bonds. The maximum absolute atomic E-state index is 12.8. The van der Waals surface area contributed by atoms with E-state index >= 15 is 0 Å². The molecule has 1 aromatic carbocycles. The number of aryl methyl sites for hydroxylation is 2. The first kappa shape index (κ1) is 20.7. The maximum atomic E-state index is 12.8. The van der Waals surface area contributed by atoms with Crippen LogP contribution in [0.25, 0.3) is 21.9 Å². The van der Waals surface area contributed by atoms with Crippen molar-refractivity contribution in [3.05, 3.63) is 62.3 Å². The molecule has 4 rings (SSSR count). The molecule has 4 aromatic rings. The number of fused-ring (bicyclic) bond motifs is 2. The first-order valence-electron chi connectivity index (χ1n) is 9.70. The number of halogens is 1. The molecule has 0 aliphatic rings. The molecule has 11 heteroatoms. The van der Waals surface area contributed by atoms with Crippen LogP contribution in [0.4, 0.5) is 0 Å². The Morgan fingerprint density at radius 3 is 2.84 bits per heavy atom. The predicted octanol–water partition coefficient (Wildman–Crippen LogP) is 1.46. The highest BCUT2D eigenvalue weighted by molar-refractivity contribution is 6.31. The molecule has 0 saturated carbocycles. The van der Waals surface area contributed by atoms with Crippen molar-refractivity contribution in [3.63, 3.8) is 0 Å². The summed E-state index contributed by atoms with van der Waals surface area (Å²) in [6.45, 7) is 2.58. The number of aromatic nitrogens is 6. The minimum Gasteiger partial charge on any atom is -0.335 e. The number of carbonyl (C=O) groups excluding carboxylic acids is 1. The second-order valence-corrected chi connectivity index (χ2v) is 7.52. The van der Waals surface area contributed by atoms with E-state index in [9.17, 15) is 14.4 Å². The van der Waals surface area contributed by atoms with Crippen LogP contribution in [0, 0.1) is 0 Å². The molecule has 1 N–H and O–H groups in total. The van der Waals surface area contributed by atoms with Gasteiger partial charge in [-0.05, 0) is 25.1 Å². The van der Waals surface area contributed by atoms with Gasteiger partial charge in [0.1, 0.15) is 11.2 Å². The van der Waals surface area contributed by atoms with Gasteiger partial charge in [0.05, 0.1) is 30.0 Å². The summed E-state index contributed by atoms with van der Waals surface area (Å²) in [5.74, 6) is 0.195. The zero-order valence-corrected chi connectivity index (χ0v) is 17.8. The SMILES string of the molecule is CCN(Cc1nc2cc(Cl)ccc2c(=O)[nH]1)C(=O)CCn1cnc2c(cnn2C)c1=O. The molecule has 0 spiro atoms. The summed E-state index contributed by atoms with van der Waals surface area (Å²) in [5, 5.41) is 5.35. The van der Waals surface area contributed by atoms with E-state index in [4.69, 9.17) is 11.6 Å². The van der Waals surface area contributed by atoms with Crippen LogP contribution < -0.4 is 11.1 Å². The molecule has 0 aliphatic carbocycles. The molecule has 0 saturated heterocycles. The molecule has 160 valence electrons. The molecule has 0 aliphatic heterocycles. The fourth-order valence-electron chi connectivity index (χ4n) is 3.39. The van der Waals surface area contributed by atoms with E-state index in [2.05, 4.69) is 20.1 Å². The van der Waals surface area contributed by atoms with Gasteiger partial charge in [0.25, 0.3) is 11.1 Å². The van der Waals surface area contributed by atoms with Crippen LogP contribution in [-0.4, -0.2) is 46.7 Å². The number of rotatable bonds is 6. The summed E-state index contributed by atoms with van der Waals surface area (Å²) in [7, 11) is 1.71. The lowest BCUT2D eigenvalue weighted by Gasteiger charge is -2.20. The van der Waals surface area contributed by atoms with Crippen molar-refractivity contribution in [2.75, 3.05) is 6.54 Å². The number of amides is 1. The topological polar surface area (TPSA) is 119 Å². The predicted molar refractivity (Wildman–Crippen MR) is 116 cm³/mol. The summed E-state index contributed by atoms with van der Waals surface area (Å²) in [5.41, 5.74) is 0.431. The minimum atomic E-state index is -0.289. The van der Waals surface area contributed by atoms with Gasteiger partial charge < -0.3 is 9.88 Å². The summed E-state index contributed by atoms with van der Waals surface area (Å²) in [6, 6.07) is 4.85. The molecule has 0 unspecified atom stereocenters. The van der Waals surface area contributed by atoms with Crippen molar-refractivity contribution < 1.29 is 4.79 Å². The number of hydrogen-bond donors (Lipinski definition) is 1. The Morgan fingerprint density at radius 1 is 1.26 bits per heavy atom. The summed E-state index contributed by atoms with van der Waals surface area (Å²) in [6.07, 6.45) is 2.99. The first-order chi connectivity index (χ1) is 14.9. The third-order valence-electron chi connectivity index (χ3n) is 5.08. The normalized spacial score (nSPS) is 11.3. The second-order valence-electron chi connectivity index (χ2n) is 7.08. The van der Waals surface area contributed by atoms with Gasteiger partial charge in [-0.15, -0.1) is 0 Å². The van der Waals surface area contributed by atoms with Crippen molar-refractivity contribution in [2.24, 2.45) is 7.05 Å². The van der Waals surface area contributed by atoms with Crippen molar-refractivity contribution in [2.45, 2.75) is 26.4 Å². The monoisotopic (exact) mass is 441 g/mol. The van der Waals surface area contributed by atoms with Gasteiger partial charge in [0.15, 0.2) is 5.65 Å². The van der Waals surface area contributed by atoms with Crippen LogP contribution in [0.2, 0.25) is 5.02 Å². The quantitative estimate of drug-likeness (QED) is 0.483. The molecule has 3 aromatic heterocycles. The van der Waals surface area contributed by atoms with Crippen LogP contribution in [-0.2, 0) is 24.9 Å². The molecule has 3 heterocycles. The van der Waals surface area contributed by atoms with E-state index in [1.54, 1.807) is 30.1 Å². The lowest BCUT2D eigenvalue weighted by atomic mass is 10.2. The molecule has 0 bridgehead atoms.